The zero-order chi connectivity index (χ0) is 19.1. The van der Waals surface area contributed by atoms with Crippen LogP contribution in [0.1, 0.15) is 40.5 Å². The number of rotatable bonds is 3. The Bertz CT molecular complexity index is 1030. The monoisotopic (exact) mass is 371 g/mol. The summed E-state index contributed by atoms with van der Waals surface area (Å²) < 4.78 is 5.31. The number of nitrogens with zero attached hydrogens (tertiary/aromatic N) is 3. The van der Waals surface area contributed by atoms with Crippen molar-refractivity contribution >= 4 is 5.91 Å². The van der Waals surface area contributed by atoms with Crippen LogP contribution in [-0.4, -0.2) is 33.9 Å². The van der Waals surface area contributed by atoms with Crippen LogP contribution in [0.25, 0.3) is 11.1 Å². The predicted octanol–water partition coefficient (Wildman–Crippen LogP) is 4.05. The van der Waals surface area contributed by atoms with Crippen molar-refractivity contribution < 1.29 is 9.53 Å². The van der Waals surface area contributed by atoms with Crippen LogP contribution >= 0.6 is 0 Å². The van der Waals surface area contributed by atoms with E-state index in [0.717, 1.165) is 53.0 Å². The van der Waals surface area contributed by atoms with Crippen LogP contribution in [0.2, 0.25) is 0 Å². The Kier molecular flexibility index (Phi) is 4.08. The molecule has 0 radical (unpaired) electrons. The molecule has 1 saturated heterocycles. The smallest absolute Gasteiger partial charge is 0.254 e. The van der Waals surface area contributed by atoms with Crippen LogP contribution in [-0.2, 0) is 6.42 Å². The van der Waals surface area contributed by atoms with Crippen molar-refractivity contribution in [2.24, 2.45) is 0 Å². The summed E-state index contributed by atoms with van der Waals surface area (Å²) in [4.78, 5) is 23.9. The highest BCUT2D eigenvalue weighted by Gasteiger charge is 2.43. The molecule has 2 atom stereocenters. The molecule has 0 aliphatic carbocycles. The number of carbonyl (C=O) groups is 1. The van der Waals surface area contributed by atoms with Gasteiger partial charge in [0.15, 0.2) is 0 Å². The molecule has 1 amide bonds. The summed E-state index contributed by atoms with van der Waals surface area (Å²) in [7, 11) is 1.66. The molecule has 0 N–H and O–H groups in total. The largest absolute Gasteiger partial charge is 0.497 e. The third-order valence-electron chi connectivity index (χ3n) is 5.89. The Labute approximate surface area is 164 Å². The van der Waals surface area contributed by atoms with Crippen LogP contribution in [0.4, 0.5) is 0 Å². The Morgan fingerprint density at radius 3 is 2.79 bits per heavy atom. The van der Waals surface area contributed by atoms with Crippen molar-refractivity contribution in [3.8, 4) is 16.9 Å². The lowest BCUT2D eigenvalue weighted by molar-refractivity contribution is 0.0644. The number of hydrogen-bond donors (Lipinski definition) is 0. The zero-order valence-corrected chi connectivity index (χ0v) is 15.7. The van der Waals surface area contributed by atoms with Gasteiger partial charge in [-0.05, 0) is 48.2 Å². The molecule has 5 heteroatoms. The summed E-state index contributed by atoms with van der Waals surface area (Å²) in [5, 5.41) is 0. The molecule has 2 aliphatic heterocycles. The fourth-order valence-electron chi connectivity index (χ4n) is 4.49. The summed E-state index contributed by atoms with van der Waals surface area (Å²) in [5.41, 5.74) is 5.07. The van der Waals surface area contributed by atoms with Gasteiger partial charge in [-0.15, -0.1) is 0 Å². The lowest BCUT2D eigenvalue weighted by atomic mass is 9.97. The van der Waals surface area contributed by atoms with E-state index in [1.807, 2.05) is 59.6 Å². The van der Waals surface area contributed by atoms with E-state index in [9.17, 15) is 4.79 Å². The van der Waals surface area contributed by atoms with E-state index < -0.39 is 0 Å². The molecule has 3 heterocycles. The van der Waals surface area contributed by atoms with Gasteiger partial charge < -0.3 is 9.64 Å². The second kappa shape index (κ2) is 6.75. The summed E-state index contributed by atoms with van der Waals surface area (Å²) in [6.45, 7) is 0. The van der Waals surface area contributed by atoms with Gasteiger partial charge in [-0.1, -0.05) is 24.3 Å². The normalized spacial score (nSPS) is 20.0. The number of aromatic nitrogens is 2. The second-order valence-corrected chi connectivity index (χ2v) is 7.40. The van der Waals surface area contributed by atoms with Crippen LogP contribution in [0.15, 0.2) is 61.1 Å². The number of hydrogen-bond acceptors (Lipinski definition) is 4. The van der Waals surface area contributed by atoms with Crippen LogP contribution in [0.5, 0.6) is 5.75 Å². The Balaban J connectivity index is 1.42. The van der Waals surface area contributed by atoms with Gasteiger partial charge in [0.1, 0.15) is 12.1 Å². The first-order valence-electron chi connectivity index (χ1n) is 9.60. The highest BCUT2D eigenvalue weighted by Crippen LogP contribution is 2.43. The van der Waals surface area contributed by atoms with Crippen molar-refractivity contribution in [3.63, 3.8) is 0 Å². The van der Waals surface area contributed by atoms with Gasteiger partial charge in [0.25, 0.3) is 5.91 Å². The van der Waals surface area contributed by atoms with Gasteiger partial charge in [0, 0.05) is 29.8 Å². The first-order chi connectivity index (χ1) is 13.7. The van der Waals surface area contributed by atoms with Crippen molar-refractivity contribution in [1.82, 2.24) is 14.9 Å². The van der Waals surface area contributed by atoms with Gasteiger partial charge in [-0.25, -0.2) is 9.97 Å². The van der Waals surface area contributed by atoms with Gasteiger partial charge >= 0.3 is 0 Å². The fraction of sp³-hybridized carbons (Fsp3) is 0.261. The molecule has 2 bridgehead atoms. The van der Waals surface area contributed by atoms with Crippen LogP contribution in [0, 0.1) is 0 Å². The van der Waals surface area contributed by atoms with Crippen LogP contribution < -0.4 is 4.74 Å². The number of methoxy groups -OCH3 is 1. The topological polar surface area (TPSA) is 55.3 Å². The number of amides is 1. The van der Waals surface area contributed by atoms with Crippen molar-refractivity contribution in [2.45, 2.75) is 31.3 Å². The zero-order valence-electron chi connectivity index (χ0n) is 15.7. The summed E-state index contributed by atoms with van der Waals surface area (Å²) in [6.07, 6.45) is 6.31. The maximum absolute atomic E-state index is 13.3. The van der Waals surface area contributed by atoms with E-state index in [0.29, 0.717) is 0 Å². The van der Waals surface area contributed by atoms with E-state index in [4.69, 9.17) is 4.74 Å². The number of fused-ring (bicyclic) bond motifs is 4. The molecule has 0 saturated carbocycles. The van der Waals surface area contributed by atoms with E-state index in [1.165, 1.54) is 0 Å². The standard InChI is InChI=1S/C23H21N3O2/c1-28-19-4-2-3-17(11-19)15-5-7-16(8-6-15)23(27)26-18-9-10-22(26)20-13-24-14-25-21(20)12-18/h2-8,11,13-14,18,22H,9-10,12H2,1H3. The molecule has 5 rings (SSSR count). The maximum Gasteiger partial charge on any atom is 0.254 e. The molecule has 0 spiro atoms. The summed E-state index contributed by atoms with van der Waals surface area (Å²) in [6, 6.07) is 16.1. The quantitative estimate of drug-likeness (QED) is 0.697. The van der Waals surface area contributed by atoms with Gasteiger partial charge in [-0.2, -0.15) is 0 Å². The Morgan fingerprint density at radius 2 is 1.96 bits per heavy atom. The summed E-state index contributed by atoms with van der Waals surface area (Å²) in [5.74, 6) is 0.919. The lowest BCUT2D eigenvalue weighted by Gasteiger charge is -2.35. The average molecular weight is 371 g/mol. The predicted molar refractivity (Wildman–Crippen MR) is 106 cm³/mol. The minimum absolute atomic E-state index is 0.0965. The molecule has 2 aliphatic rings. The SMILES string of the molecule is COc1cccc(-c2ccc(C(=O)N3C4CCC3c3cncnc3C4)cc2)c1. The van der Waals surface area contributed by atoms with E-state index in [1.54, 1.807) is 13.4 Å². The Morgan fingerprint density at radius 1 is 1.11 bits per heavy atom. The van der Waals surface area contributed by atoms with Gasteiger partial charge in [0.2, 0.25) is 0 Å². The van der Waals surface area contributed by atoms with E-state index in [-0.39, 0.29) is 18.0 Å². The number of ether oxygens (including phenoxy) is 1. The molecule has 1 aromatic heterocycles. The highest BCUT2D eigenvalue weighted by molar-refractivity contribution is 5.95. The molecule has 2 aromatic carbocycles. The minimum atomic E-state index is 0.0965. The van der Waals surface area contributed by atoms with Gasteiger partial charge in [-0.3, -0.25) is 4.79 Å². The third kappa shape index (κ3) is 2.74. The highest BCUT2D eigenvalue weighted by atomic mass is 16.5. The average Bonchev–Trinajstić information content (AvgIpc) is 3.08. The first-order valence-corrected chi connectivity index (χ1v) is 9.60. The molecule has 3 aromatic rings. The molecule has 28 heavy (non-hydrogen) atoms. The molecule has 5 nitrogen and oxygen atoms in total. The molecule has 1 fully saturated rings. The Hall–Kier alpha value is -3.21. The first kappa shape index (κ1) is 16.9. The lowest BCUT2D eigenvalue weighted by Crippen LogP contribution is -2.42. The van der Waals surface area contributed by atoms with E-state index in [2.05, 4.69) is 9.97 Å². The van der Waals surface area contributed by atoms with Crippen molar-refractivity contribution in [3.05, 3.63) is 77.9 Å². The number of benzene rings is 2. The minimum Gasteiger partial charge on any atom is -0.497 e. The fourth-order valence-corrected chi connectivity index (χ4v) is 4.49. The molecular formula is C23H21N3O2. The summed E-state index contributed by atoms with van der Waals surface area (Å²) >= 11 is 0. The third-order valence-corrected chi connectivity index (χ3v) is 5.89. The van der Waals surface area contributed by atoms with E-state index >= 15 is 0 Å². The van der Waals surface area contributed by atoms with Gasteiger partial charge in [0.05, 0.1) is 18.8 Å². The molecular weight excluding hydrogens is 350 g/mol. The van der Waals surface area contributed by atoms with Crippen molar-refractivity contribution in [1.29, 1.82) is 0 Å². The number of carbonyl (C=O) groups excluding carboxylic acids is 1. The molecule has 2 unspecified atom stereocenters. The van der Waals surface area contributed by atoms with Crippen molar-refractivity contribution in [2.75, 3.05) is 7.11 Å². The maximum atomic E-state index is 13.3. The van der Waals surface area contributed by atoms with Crippen LogP contribution in [0.3, 0.4) is 0 Å². The second-order valence-electron chi connectivity index (χ2n) is 7.40. The molecule has 140 valence electrons.